The number of nitrogens with one attached hydrogen (secondary N) is 2. The predicted octanol–water partition coefficient (Wildman–Crippen LogP) is 2.14. The van der Waals surface area contributed by atoms with Crippen LogP contribution >= 0.6 is 0 Å². The first kappa shape index (κ1) is 18.5. The smallest absolute Gasteiger partial charge is 0.372 e. The minimum atomic E-state index is -4.42. The van der Waals surface area contributed by atoms with Gasteiger partial charge in [-0.15, -0.1) is 0 Å². The Kier molecular flexibility index (Phi) is 5.33. The summed E-state index contributed by atoms with van der Waals surface area (Å²) in [5.41, 5.74) is 5.71. The largest absolute Gasteiger partial charge is 0.416 e. The zero-order chi connectivity index (χ0) is 18.6. The fourth-order valence-electron chi connectivity index (χ4n) is 2.92. The van der Waals surface area contributed by atoms with E-state index >= 15 is 0 Å². The van der Waals surface area contributed by atoms with Crippen LogP contribution in [0.5, 0.6) is 0 Å². The van der Waals surface area contributed by atoms with Gasteiger partial charge in [0.2, 0.25) is 5.79 Å². The maximum Gasteiger partial charge on any atom is 0.416 e. The van der Waals surface area contributed by atoms with E-state index in [1.165, 1.54) is 18.3 Å². The number of nitrogens with two attached hydrogens (primary N) is 1. The van der Waals surface area contributed by atoms with Gasteiger partial charge < -0.3 is 10.6 Å². The zero-order valence-electron chi connectivity index (χ0n) is 14.3. The SMILES string of the molecule is NC1(c2cccc(C(F)(F)F)c2)N=CC=C(NCCCN2CC=CC2)N1. The van der Waals surface area contributed by atoms with Gasteiger partial charge >= 0.3 is 6.18 Å². The van der Waals surface area contributed by atoms with Crippen LogP contribution in [-0.2, 0) is 12.0 Å². The maximum atomic E-state index is 12.9. The molecule has 2 aliphatic heterocycles. The molecule has 0 amide bonds. The fourth-order valence-corrected chi connectivity index (χ4v) is 2.92. The Balaban J connectivity index is 1.58. The molecular formula is C18H22F3N5. The van der Waals surface area contributed by atoms with Crippen molar-refractivity contribution >= 4 is 6.21 Å². The third-order valence-corrected chi connectivity index (χ3v) is 4.34. The van der Waals surface area contributed by atoms with E-state index in [1.54, 1.807) is 6.08 Å². The summed E-state index contributed by atoms with van der Waals surface area (Å²) in [5, 5.41) is 6.21. The number of aliphatic imine (C=N–C) groups is 1. The number of nitrogens with zero attached hydrogens (tertiary/aromatic N) is 2. The second kappa shape index (κ2) is 7.51. The van der Waals surface area contributed by atoms with Crippen LogP contribution in [0.4, 0.5) is 13.2 Å². The quantitative estimate of drug-likeness (QED) is 0.534. The third-order valence-electron chi connectivity index (χ3n) is 4.34. The molecule has 26 heavy (non-hydrogen) atoms. The normalized spacial score (nSPS) is 23.0. The Morgan fingerprint density at radius 3 is 2.77 bits per heavy atom. The van der Waals surface area contributed by atoms with Crippen molar-refractivity contribution in [3.8, 4) is 0 Å². The van der Waals surface area contributed by atoms with Crippen LogP contribution in [0.2, 0.25) is 0 Å². The number of halogens is 3. The number of alkyl halides is 3. The highest BCUT2D eigenvalue weighted by molar-refractivity contribution is 5.73. The molecule has 140 valence electrons. The van der Waals surface area contributed by atoms with E-state index in [4.69, 9.17) is 5.73 Å². The Morgan fingerprint density at radius 1 is 1.27 bits per heavy atom. The standard InChI is InChI=1S/C18H22F3N5/c19-17(20,21)14-5-3-6-15(13-14)18(22)24-9-7-16(25-18)23-8-4-12-26-10-1-2-11-26/h1-3,5-7,9,13,23,25H,4,8,10-12,22H2. The first-order valence-corrected chi connectivity index (χ1v) is 8.48. The lowest BCUT2D eigenvalue weighted by Gasteiger charge is -2.32. The highest BCUT2D eigenvalue weighted by Crippen LogP contribution is 2.31. The number of hydrogen-bond acceptors (Lipinski definition) is 5. The van der Waals surface area contributed by atoms with Gasteiger partial charge in [0.1, 0.15) is 5.82 Å². The van der Waals surface area contributed by atoms with Gasteiger partial charge in [-0.1, -0.05) is 24.3 Å². The van der Waals surface area contributed by atoms with Gasteiger partial charge in [0.25, 0.3) is 0 Å². The molecule has 0 aromatic heterocycles. The van der Waals surface area contributed by atoms with Gasteiger partial charge in [0, 0.05) is 38.0 Å². The molecule has 0 aliphatic carbocycles. The van der Waals surface area contributed by atoms with E-state index in [-0.39, 0.29) is 5.56 Å². The van der Waals surface area contributed by atoms with Crippen molar-refractivity contribution in [2.45, 2.75) is 18.4 Å². The van der Waals surface area contributed by atoms with Crippen LogP contribution in [0.15, 0.2) is 53.3 Å². The minimum Gasteiger partial charge on any atom is -0.372 e. The summed E-state index contributed by atoms with van der Waals surface area (Å²) in [7, 11) is 0. The van der Waals surface area contributed by atoms with Gasteiger partial charge in [0.05, 0.1) is 5.56 Å². The Morgan fingerprint density at radius 2 is 2.04 bits per heavy atom. The second-order valence-electron chi connectivity index (χ2n) is 6.34. The van der Waals surface area contributed by atoms with Crippen LogP contribution in [0.1, 0.15) is 17.5 Å². The molecule has 1 aromatic carbocycles. The van der Waals surface area contributed by atoms with E-state index in [0.717, 1.165) is 44.7 Å². The van der Waals surface area contributed by atoms with Crippen LogP contribution < -0.4 is 16.4 Å². The van der Waals surface area contributed by atoms with Gasteiger partial charge in [-0.2, -0.15) is 13.2 Å². The number of benzene rings is 1. The van der Waals surface area contributed by atoms with Crippen molar-refractivity contribution in [2.24, 2.45) is 10.7 Å². The molecule has 0 fully saturated rings. The Bertz CT molecular complexity index is 718. The third kappa shape index (κ3) is 4.44. The summed E-state index contributed by atoms with van der Waals surface area (Å²) in [4.78, 5) is 6.46. The van der Waals surface area contributed by atoms with Crippen molar-refractivity contribution in [3.05, 3.63) is 59.4 Å². The summed E-state index contributed by atoms with van der Waals surface area (Å²) in [6, 6.07) is 4.90. The molecule has 0 radical (unpaired) electrons. The molecule has 0 saturated heterocycles. The molecule has 1 aromatic rings. The van der Waals surface area contributed by atoms with Crippen molar-refractivity contribution < 1.29 is 13.2 Å². The summed E-state index contributed by atoms with van der Waals surface area (Å²) in [5.74, 6) is -0.795. The van der Waals surface area contributed by atoms with Crippen LogP contribution in [0.25, 0.3) is 0 Å². The average molecular weight is 365 g/mol. The predicted molar refractivity (Wildman–Crippen MR) is 95.2 cm³/mol. The monoisotopic (exact) mass is 365 g/mol. The van der Waals surface area contributed by atoms with E-state index in [0.29, 0.717) is 5.82 Å². The molecule has 4 N–H and O–H groups in total. The topological polar surface area (TPSA) is 65.7 Å². The lowest BCUT2D eigenvalue weighted by Crippen LogP contribution is -2.52. The molecule has 0 spiro atoms. The van der Waals surface area contributed by atoms with E-state index in [1.807, 2.05) is 0 Å². The van der Waals surface area contributed by atoms with Gasteiger partial charge in [0.15, 0.2) is 0 Å². The van der Waals surface area contributed by atoms with Crippen molar-refractivity contribution in [1.29, 1.82) is 0 Å². The molecule has 1 atom stereocenters. The fraction of sp³-hybridized carbons (Fsp3) is 0.389. The average Bonchev–Trinajstić information content (AvgIpc) is 3.12. The first-order valence-electron chi connectivity index (χ1n) is 8.48. The van der Waals surface area contributed by atoms with Gasteiger partial charge in [-0.25, -0.2) is 4.99 Å². The van der Waals surface area contributed by atoms with Crippen molar-refractivity contribution in [2.75, 3.05) is 26.2 Å². The summed E-state index contributed by atoms with van der Waals surface area (Å²) in [6.45, 7) is 3.66. The summed E-state index contributed by atoms with van der Waals surface area (Å²) < 4.78 is 38.8. The van der Waals surface area contributed by atoms with Crippen LogP contribution in [-0.4, -0.2) is 37.3 Å². The molecule has 1 unspecified atom stereocenters. The summed E-state index contributed by atoms with van der Waals surface area (Å²) in [6.07, 6.45) is 4.03. The lowest BCUT2D eigenvalue weighted by atomic mass is 10.0. The molecule has 8 heteroatoms. The minimum absolute atomic E-state index is 0.249. The van der Waals surface area contributed by atoms with Crippen molar-refractivity contribution in [3.63, 3.8) is 0 Å². The molecule has 2 heterocycles. The van der Waals surface area contributed by atoms with E-state index in [9.17, 15) is 13.2 Å². The van der Waals surface area contributed by atoms with Gasteiger partial charge in [-0.3, -0.25) is 10.6 Å². The lowest BCUT2D eigenvalue weighted by molar-refractivity contribution is -0.137. The molecule has 2 aliphatic rings. The molecule has 0 bridgehead atoms. The van der Waals surface area contributed by atoms with Crippen molar-refractivity contribution in [1.82, 2.24) is 15.5 Å². The van der Waals surface area contributed by atoms with Crippen LogP contribution in [0.3, 0.4) is 0 Å². The highest BCUT2D eigenvalue weighted by atomic mass is 19.4. The maximum absolute atomic E-state index is 12.9. The first-order chi connectivity index (χ1) is 12.4. The summed E-state index contributed by atoms with van der Waals surface area (Å²) >= 11 is 0. The Hall–Kier alpha value is -2.32. The Labute approximate surface area is 150 Å². The number of allylic oxidation sites excluding steroid dienone is 1. The number of hydrogen-bond donors (Lipinski definition) is 3. The molecule has 5 nitrogen and oxygen atoms in total. The molecule has 0 saturated carbocycles. The van der Waals surface area contributed by atoms with Gasteiger partial charge in [-0.05, 0) is 24.6 Å². The second-order valence-corrected chi connectivity index (χ2v) is 6.34. The van der Waals surface area contributed by atoms with E-state index in [2.05, 4.69) is 32.7 Å². The highest BCUT2D eigenvalue weighted by Gasteiger charge is 2.34. The molecule has 3 rings (SSSR count). The molecular weight excluding hydrogens is 343 g/mol. The number of rotatable bonds is 6. The zero-order valence-corrected chi connectivity index (χ0v) is 14.3. The van der Waals surface area contributed by atoms with Crippen LogP contribution in [0, 0.1) is 0 Å². The van der Waals surface area contributed by atoms with E-state index < -0.39 is 17.5 Å².